The zero-order valence-corrected chi connectivity index (χ0v) is 9.23. The number of aromatic nitrogens is 1. The highest BCUT2D eigenvalue weighted by Crippen LogP contribution is 2.03. The molecule has 1 amide bonds. The summed E-state index contributed by atoms with van der Waals surface area (Å²) < 4.78 is 0. The van der Waals surface area contributed by atoms with Crippen LogP contribution in [0.5, 0.6) is 0 Å². The van der Waals surface area contributed by atoms with Crippen LogP contribution in [0.4, 0.5) is 5.69 Å². The summed E-state index contributed by atoms with van der Waals surface area (Å²) in [5, 5.41) is 2.82. The molecule has 0 fully saturated rings. The number of amides is 1. The van der Waals surface area contributed by atoms with Gasteiger partial charge in [-0.3, -0.25) is 4.79 Å². The van der Waals surface area contributed by atoms with E-state index in [1.54, 1.807) is 12.1 Å². The number of anilines is 1. The molecule has 3 N–H and O–H groups in total. The van der Waals surface area contributed by atoms with Crippen molar-refractivity contribution in [1.29, 1.82) is 0 Å². The molecule has 4 heteroatoms. The van der Waals surface area contributed by atoms with E-state index in [4.69, 9.17) is 12.2 Å². The minimum absolute atomic E-state index is 0.00291. The van der Waals surface area contributed by atoms with Gasteiger partial charge in [0.2, 0.25) is 0 Å². The summed E-state index contributed by atoms with van der Waals surface area (Å²) >= 11 is 0. The summed E-state index contributed by atoms with van der Waals surface area (Å²) in [6.07, 6.45) is 7.98. The summed E-state index contributed by atoms with van der Waals surface area (Å²) in [6.45, 7) is 1.97. The molecular weight excluding hydrogens is 202 g/mol. The average Bonchev–Trinajstić information content (AvgIpc) is 2.29. The predicted molar refractivity (Wildman–Crippen MR) is 63.6 cm³/mol. The maximum Gasteiger partial charge on any atom is 0.270 e. The lowest BCUT2D eigenvalue weighted by Crippen LogP contribution is -2.34. The van der Waals surface area contributed by atoms with Gasteiger partial charge < -0.3 is 11.1 Å². The Balaban J connectivity index is 2.65. The number of terminal acetylenes is 1. The fraction of sp³-hybridized carbons (Fsp3) is 0.333. The van der Waals surface area contributed by atoms with E-state index in [1.165, 1.54) is 6.20 Å². The molecule has 0 saturated heterocycles. The predicted octanol–water partition coefficient (Wildman–Crippen LogP) is 1.20. The van der Waals surface area contributed by atoms with E-state index in [0.717, 1.165) is 6.42 Å². The topological polar surface area (TPSA) is 68.0 Å². The number of carbonyl (C=O) groups is 1. The van der Waals surface area contributed by atoms with Crippen LogP contribution < -0.4 is 11.1 Å². The van der Waals surface area contributed by atoms with Gasteiger partial charge in [0.1, 0.15) is 5.69 Å². The van der Waals surface area contributed by atoms with E-state index >= 15 is 0 Å². The summed E-state index contributed by atoms with van der Waals surface area (Å²) in [4.78, 5) is 15.7. The van der Waals surface area contributed by atoms with Gasteiger partial charge >= 0.3 is 0 Å². The number of nitrogens with zero attached hydrogens (tertiary/aromatic N) is 1. The van der Waals surface area contributed by atoms with Gasteiger partial charge in [-0.1, -0.05) is 6.92 Å². The first kappa shape index (κ1) is 12.1. The highest BCUT2D eigenvalue weighted by molar-refractivity contribution is 5.92. The number of hydrogen-bond donors (Lipinski definition) is 2. The zero-order valence-electron chi connectivity index (χ0n) is 9.23. The van der Waals surface area contributed by atoms with Crippen molar-refractivity contribution < 1.29 is 4.79 Å². The second kappa shape index (κ2) is 5.76. The lowest BCUT2D eigenvalue weighted by atomic mass is 10.1. The Kier molecular flexibility index (Phi) is 4.34. The van der Waals surface area contributed by atoms with Crippen LogP contribution in [0, 0.1) is 12.3 Å². The maximum absolute atomic E-state index is 11.7. The third-order valence-electron chi connectivity index (χ3n) is 2.21. The number of pyridine rings is 1. The summed E-state index contributed by atoms with van der Waals surface area (Å²) in [6, 6.07) is 3.23. The van der Waals surface area contributed by atoms with E-state index in [1.807, 2.05) is 6.92 Å². The molecule has 1 unspecified atom stereocenters. The van der Waals surface area contributed by atoms with Crippen molar-refractivity contribution in [2.45, 2.75) is 25.8 Å². The van der Waals surface area contributed by atoms with Crippen LogP contribution in [0.3, 0.4) is 0 Å². The Hall–Kier alpha value is -2.02. The van der Waals surface area contributed by atoms with Crippen LogP contribution >= 0.6 is 0 Å². The third kappa shape index (κ3) is 3.28. The first-order chi connectivity index (χ1) is 7.67. The average molecular weight is 217 g/mol. The minimum Gasteiger partial charge on any atom is -0.397 e. The monoisotopic (exact) mass is 217 g/mol. The third-order valence-corrected chi connectivity index (χ3v) is 2.21. The van der Waals surface area contributed by atoms with Crippen molar-refractivity contribution in [2.75, 3.05) is 5.73 Å². The van der Waals surface area contributed by atoms with Gasteiger partial charge in [0.05, 0.1) is 11.9 Å². The largest absolute Gasteiger partial charge is 0.397 e. The highest BCUT2D eigenvalue weighted by Gasteiger charge is 2.11. The maximum atomic E-state index is 11.7. The second-order valence-corrected chi connectivity index (χ2v) is 3.46. The highest BCUT2D eigenvalue weighted by atomic mass is 16.1. The standard InChI is InChI=1S/C12H15N3O/c1-3-5-10(4-2)15-12(16)11-7-6-9(13)8-14-11/h1,6-8,10H,4-5,13H2,2H3,(H,15,16). The quantitative estimate of drug-likeness (QED) is 0.744. The first-order valence-electron chi connectivity index (χ1n) is 5.13. The Morgan fingerprint density at radius 2 is 2.44 bits per heavy atom. The van der Waals surface area contributed by atoms with Crippen molar-refractivity contribution in [1.82, 2.24) is 10.3 Å². The number of rotatable bonds is 4. The fourth-order valence-corrected chi connectivity index (χ4v) is 1.24. The second-order valence-electron chi connectivity index (χ2n) is 3.46. The molecule has 0 aliphatic carbocycles. The van der Waals surface area contributed by atoms with Gasteiger partial charge in [0.25, 0.3) is 5.91 Å². The number of nitrogens with two attached hydrogens (primary N) is 1. The fourth-order valence-electron chi connectivity index (χ4n) is 1.24. The molecule has 1 rings (SSSR count). The van der Waals surface area contributed by atoms with Crippen LogP contribution in [-0.2, 0) is 0 Å². The molecule has 0 radical (unpaired) electrons. The molecule has 1 heterocycles. The number of nitrogen functional groups attached to an aromatic ring is 1. The molecule has 1 aromatic rings. The van der Waals surface area contributed by atoms with Crippen LogP contribution in [0.25, 0.3) is 0 Å². The van der Waals surface area contributed by atoms with Crippen molar-refractivity contribution >= 4 is 11.6 Å². The molecule has 0 bridgehead atoms. The lowest BCUT2D eigenvalue weighted by Gasteiger charge is -2.13. The van der Waals surface area contributed by atoms with Gasteiger partial charge in [-0.2, -0.15) is 0 Å². The van der Waals surface area contributed by atoms with Gasteiger partial charge in [-0.05, 0) is 18.6 Å². The van der Waals surface area contributed by atoms with Crippen LogP contribution in [0.1, 0.15) is 30.3 Å². The Bertz CT molecular complexity index is 392. The van der Waals surface area contributed by atoms with E-state index in [9.17, 15) is 4.79 Å². The summed E-state index contributed by atoms with van der Waals surface area (Å²) in [5.74, 6) is 2.31. The summed E-state index contributed by atoms with van der Waals surface area (Å²) in [7, 11) is 0. The molecular formula is C12H15N3O. The molecule has 0 spiro atoms. The Labute approximate surface area is 95.3 Å². The molecule has 0 aromatic carbocycles. The molecule has 4 nitrogen and oxygen atoms in total. The van der Waals surface area contributed by atoms with E-state index in [-0.39, 0.29) is 11.9 Å². The number of hydrogen-bond acceptors (Lipinski definition) is 3. The Morgan fingerprint density at radius 1 is 1.69 bits per heavy atom. The SMILES string of the molecule is C#CCC(CC)NC(=O)c1ccc(N)cn1. The summed E-state index contributed by atoms with van der Waals surface area (Å²) in [5.41, 5.74) is 6.37. The lowest BCUT2D eigenvalue weighted by molar-refractivity contribution is 0.0931. The van der Waals surface area contributed by atoms with E-state index in [0.29, 0.717) is 17.8 Å². The smallest absolute Gasteiger partial charge is 0.270 e. The molecule has 0 aliphatic rings. The zero-order chi connectivity index (χ0) is 12.0. The Morgan fingerprint density at radius 3 is 2.94 bits per heavy atom. The van der Waals surface area contributed by atoms with Crippen LogP contribution in [-0.4, -0.2) is 16.9 Å². The van der Waals surface area contributed by atoms with E-state index < -0.39 is 0 Å². The molecule has 1 atom stereocenters. The molecule has 84 valence electrons. The van der Waals surface area contributed by atoms with Gasteiger partial charge in [0, 0.05) is 12.5 Å². The molecule has 0 aliphatic heterocycles. The first-order valence-corrected chi connectivity index (χ1v) is 5.13. The van der Waals surface area contributed by atoms with Crippen molar-refractivity contribution in [3.05, 3.63) is 24.0 Å². The normalized spacial score (nSPS) is 11.5. The van der Waals surface area contributed by atoms with Gasteiger partial charge in [-0.15, -0.1) is 12.3 Å². The van der Waals surface area contributed by atoms with Crippen LogP contribution in [0.15, 0.2) is 18.3 Å². The van der Waals surface area contributed by atoms with Crippen molar-refractivity contribution in [3.8, 4) is 12.3 Å². The van der Waals surface area contributed by atoms with Crippen molar-refractivity contribution in [3.63, 3.8) is 0 Å². The number of nitrogens with one attached hydrogen (secondary N) is 1. The molecule has 1 aromatic heterocycles. The van der Waals surface area contributed by atoms with Crippen molar-refractivity contribution in [2.24, 2.45) is 0 Å². The van der Waals surface area contributed by atoms with Gasteiger partial charge in [0.15, 0.2) is 0 Å². The molecule has 16 heavy (non-hydrogen) atoms. The van der Waals surface area contributed by atoms with Gasteiger partial charge in [-0.25, -0.2) is 4.98 Å². The van der Waals surface area contributed by atoms with E-state index in [2.05, 4.69) is 16.2 Å². The molecule has 0 saturated carbocycles. The van der Waals surface area contributed by atoms with Crippen LogP contribution in [0.2, 0.25) is 0 Å². The minimum atomic E-state index is -0.220. The number of carbonyl (C=O) groups excluding carboxylic acids is 1.